The van der Waals surface area contributed by atoms with Gasteiger partial charge in [-0.15, -0.1) is 0 Å². The third-order valence-electron chi connectivity index (χ3n) is 6.40. The second-order valence-electron chi connectivity index (χ2n) is 8.58. The lowest BCUT2D eigenvalue weighted by atomic mass is 9.90. The summed E-state index contributed by atoms with van der Waals surface area (Å²) in [4.78, 5) is 28.8. The topological polar surface area (TPSA) is 71.1 Å². The van der Waals surface area contributed by atoms with Gasteiger partial charge in [0.1, 0.15) is 11.4 Å². The molecule has 2 atom stereocenters. The zero-order chi connectivity index (χ0) is 22.6. The Bertz CT molecular complexity index is 945. The van der Waals surface area contributed by atoms with Crippen molar-refractivity contribution in [3.8, 4) is 5.75 Å². The minimum Gasteiger partial charge on any atom is -0.484 e. The Kier molecular flexibility index (Phi) is 6.65. The smallest absolute Gasteiger partial charge is 0.411 e. The largest absolute Gasteiger partial charge is 0.484 e. The Labute approximate surface area is 189 Å². The molecule has 2 aliphatic rings. The van der Waals surface area contributed by atoms with E-state index in [1.807, 2.05) is 73.3 Å². The predicted molar refractivity (Wildman–Crippen MR) is 121 cm³/mol. The van der Waals surface area contributed by atoms with E-state index in [9.17, 15) is 9.59 Å². The van der Waals surface area contributed by atoms with Gasteiger partial charge in [0.25, 0.3) is 5.91 Å². The molecule has 0 unspecified atom stereocenters. The summed E-state index contributed by atoms with van der Waals surface area (Å²) in [6.07, 6.45) is 0.387. The minimum atomic E-state index is -0.621. The number of ether oxygens (including phenoxy) is 2. The molecule has 4 rings (SSSR count). The van der Waals surface area contributed by atoms with Gasteiger partial charge in [0.15, 0.2) is 6.61 Å². The quantitative estimate of drug-likeness (QED) is 0.751. The zero-order valence-corrected chi connectivity index (χ0v) is 18.8. The van der Waals surface area contributed by atoms with E-state index >= 15 is 0 Å². The van der Waals surface area contributed by atoms with Crippen LogP contribution in [0.4, 0.5) is 4.79 Å². The maximum atomic E-state index is 12.9. The van der Waals surface area contributed by atoms with Crippen molar-refractivity contribution in [2.45, 2.75) is 31.9 Å². The molecule has 32 heavy (non-hydrogen) atoms. The van der Waals surface area contributed by atoms with Gasteiger partial charge in [0, 0.05) is 39.1 Å². The van der Waals surface area contributed by atoms with Crippen LogP contribution in [-0.4, -0.2) is 61.1 Å². The van der Waals surface area contributed by atoms with E-state index in [1.54, 1.807) is 4.90 Å². The SMILES string of the molecule is C[C@@H](c1cccc(OCC(=O)N2CCNCC2)c1)N1CC[C@](C)(c2ccccc2)OC1=O. The van der Waals surface area contributed by atoms with Gasteiger partial charge in [-0.2, -0.15) is 0 Å². The maximum absolute atomic E-state index is 12.9. The summed E-state index contributed by atoms with van der Waals surface area (Å²) in [6, 6.07) is 17.3. The molecule has 1 N–H and O–H groups in total. The number of nitrogens with zero attached hydrogens (tertiary/aromatic N) is 2. The monoisotopic (exact) mass is 437 g/mol. The number of benzene rings is 2. The number of piperazine rings is 1. The van der Waals surface area contributed by atoms with Gasteiger partial charge in [-0.25, -0.2) is 4.79 Å². The second-order valence-corrected chi connectivity index (χ2v) is 8.58. The lowest BCUT2D eigenvalue weighted by molar-refractivity contribution is -0.133. The lowest BCUT2D eigenvalue weighted by Crippen LogP contribution is -2.48. The summed E-state index contributed by atoms with van der Waals surface area (Å²) in [5.74, 6) is 0.613. The van der Waals surface area contributed by atoms with Gasteiger partial charge in [-0.3, -0.25) is 4.79 Å². The van der Waals surface area contributed by atoms with E-state index in [0.717, 1.165) is 24.2 Å². The summed E-state index contributed by atoms with van der Waals surface area (Å²) in [5.41, 5.74) is 1.33. The highest BCUT2D eigenvalue weighted by atomic mass is 16.6. The van der Waals surface area contributed by atoms with Crippen molar-refractivity contribution in [1.29, 1.82) is 0 Å². The molecule has 0 spiro atoms. The molecule has 0 bridgehead atoms. The molecule has 7 heteroatoms. The van der Waals surface area contributed by atoms with Gasteiger partial charge in [0.05, 0.1) is 6.04 Å². The first-order valence-corrected chi connectivity index (χ1v) is 11.2. The van der Waals surface area contributed by atoms with Gasteiger partial charge < -0.3 is 24.6 Å². The molecule has 2 saturated heterocycles. The normalized spacial score (nSPS) is 22.2. The van der Waals surface area contributed by atoms with E-state index in [2.05, 4.69) is 5.32 Å². The van der Waals surface area contributed by atoms with Crippen LogP contribution in [0, 0.1) is 0 Å². The van der Waals surface area contributed by atoms with Crippen LogP contribution in [0.3, 0.4) is 0 Å². The van der Waals surface area contributed by atoms with Crippen LogP contribution in [0.2, 0.25) is 0 Å². The Morgan fingerprint density at radius 2 is 1.88 bits per heavy atom. The van der Waals surface area contributed by atoms with Crippen molar-refractivity contribution < 1.29 is 19.1 Å². The van der Waals surface area contributed by atoms with E-state index in [-0.39, 0.29) is 24.6 Å². The van der Waals surface area contributed by atoms with Crippen LogP contribution in [0.15, 0.2) is 54.6 Å². The Morgan fingerprint density at radius 3 is 2.59 bits per heavy atom. The van der Waals surface area contributed by atoms with E-state index in [4.69, 9.17) is 9.47 Å². The highest BCUT2D eigenvalue weighted by Gasteiger charge is 2.39. The number of nitrogens with one attached hydrogen (secondary N) is 1. The molecule has 2 fully saturated rings. The minimum absolute atomic E-state index is 0.00948. The van der Waals surface area contributed by atoms with Crippen molar-refractivity contribution in [1.82, 2.24) is 15.1 Å². The third kappa shape index (κ3) is 4.88. The molecule has 7 nitrogen and oxygen atoms in total. The molecular formula is C25H31N3O4. The fourth-order valence-corrected chi connectivity index (χ4v) is 4.27. The van der Waals surface area contributed by atoms with Crippen LogP contribution >= 0.6 is 0 Å². The van der Waals surface area contributed by atoms with E-state index < -0.39 is 5.60 Å². The molecule has 0 aliphatic carbocycles. The molecule has 0 aromatic heterocycles. The molecule has 170 valence electrons. The molecule has 0 radical (unpaired) electrons. The molecule has 0 saturated carbocycles. The molecular weight excluding hydrogens is 406 g/mol. The summed E-state index contributed by atoms with van der Waals surface area (Å²) in [6.45, 7) is 7.60. The number of carbonyl (C=O) groups excluding carboxylic acids is 2. The first-order valence-electron chi connectivity index (χ1n) is 11.2. The van der Waals surface area contributed by atoms with Crippen LogP contribution in [0.5, 0.6) is 5.75 Å². The van der Waals surface area contributed by atoms with Crippen molar-refractivity contribution >= 4 is 12.0 Å². The number of hydrogen-bond donors (Lipinski definition) is 1. The zero-order valence-electron chi connectivity index (χ0n) is 18.8. The average molecular weight is 438 g/mol. The Morgan fingerprint density at radius 1 is 1.12 bits per heavy atom. The summed E-state index contributed by atoms with van der Waals surface area (Å²) in [5, 5.41) is 3.24. The van der Waals surface area contributed by atoms with Crippen molar-refractivity contribution in [2.75, 3.05) is 39.3 Å². The fourth-order valence-electron chi connectivity index (χ4n) is 4.27. The van der Waals surface area contributed by atoms with E-state index in [1.165, 1.54) is 0 Å². The first kappa shape index (κ1) is 22.1. The molecule has 2 aliphatic heterocycles. The highest BCUT2D eigenvalue weighted by Crippen LogP contribution is 2.36. The van der Waals surface area contributed by atoms with Crippen molar-refractivity contribution in [3.63, 3.8) is 0 Å². The number of hydrogen-bond acceptors (Lipinski definition) is 5. The maximum Gasteiger partial charge on any atom is 0.411 e. The van der Waals surface area contributed by atoms with Gasteiger partial charge >= 0.3 is 6.09 Å². The summed E-state index contributed by atoms with van der Waals surface area (Å²) >= 11 is 0. The fraction of sp³-hybridized carbons (Fsp3) is 0.440. The molecule has 2 amide bonds. The number of carbonyl (C=O) groups is 2. The Hall–Kier alpha value is -3.06. The number of amides is 2. The number of cyclic esters (lactones) is 1. The van der Waals surface area contributed by atoms with Crippen LogP contribution in [-0.2, 0) is 15.1 Å². The van der Waals surface area contributed by atoms with Crippen LogP contribution in [0.25, 0.3) is 0 Å². The van der Waals surface area contributed by atoms with Gasteiger partial charge in [-0.1, -0.05) is 42.5 Å². The van der Waals surface area contributed by atoms with Crippen molar-refractivity contribution in [3.05, 3.63) is 65.7 Å². The molecule has 2 aromatic rings. The van der Waals surface area contributed by atoms with Gasteiger partial charge in [0.2, 0.25) is 0 Å². The van der Waals surface area contributed by atoms with Crippen LogP contribution in [0.1, 0.15) is 37.4 Å². The average Bonchev–Trinajstić information content (AvgIpc) is 2.83. The summed E-state index contributed by atoms with van der Waals surface area (Å²) < 4.78 is 11.7. The van der Waals surface area contributed by atoms with Crippen LogP contribution < -0.4 is 10.1 Å². The molecule has 2 heterocycles. The standard InChI is InChI=1S/C25H31N3O4/c1-19(28-14-11-25(2,32-24(28)30)21-8-4-3-5-9-21)20-7-6-10-22(17-20)31-18-23(29)27-15-12-26-13-16-27/h3-10,17,19,26H,11-16,18H2,1-2H3/t19-,25+/m0/s1. The number of rotatable bonds is 6. The van der Waals surface area contributed by atoms with Gasteiger partial charge in [-0.05, 0) is 37.1 Å². The second kappa shape index (κ2) is 9.61. The highest BCUT2D eigenvalue weighted by molar-refractivity contribution is 5.78. The first-order chi connectivity index (χ1) is 15.5. The van der Waals surface area contributed by atoms with Crippen molar-refractivity contribution in [2.24, 2.45) is 0 Å². The Balaban J connectivity index is 1.38. The van der Waals surface area contributed by atoms with E-state index in [0.29, 0.717) is 31.8 Å². The molecule has 2 aromatic carbocycles. The summed E-state index contributed by atoms with van der Waals surface area (Å²) in [7, 11) is 0. The third-order valence-corrected chi connectivity index (χ3v) is 6.40. The predicted octanol–water partition coefficient (Wildman–Crippen LogP) is 3.32. The lowest BCUT2D eigenvalue weighted by Gasteiger charge is -2.41.